The molecule has 0 aromatic carbocycles. The van der Waals surface area contributed by atoms with Gasteiger partial charge in [0.15, 0.2) is 0 Å². The minimum Gasteiger partial charge on any atom is -0.324 e. The number of quaternary nitrogens is 1. The van der Waals surface area contributed by atoms with Crippen LogP contribution in [0.3, 0.4) is 0 Å². The van der Waals surface area contributed by atoms with E-state index in [4.69, 9.17) is 0 Å². The molecule has 33 heteroatoms. The summed E-state index contributed by atoms with van der Waals surface area (Å²) in [5.74, 6) is 0. The Morgan fingerprint density at radius 3 is 0.830 bits per heavy atom. The molecular weight excluding hydrogens is 814 g/mol. The third kappa shape index (κ3) is 18.3. The van der Waals surface area contributed by atoms with Crippen LogP contribution in [0.15, 0.2) is 12.7 Å². The topological polar surface area (TPSA) is 460 Å². The first-order valence-corrected chi connectivity index (χ1v) is 25.9. The maximum Gasteiger partial charge on any atom is 0.335 e. The van der Waals surface area contributed by atoms with Gasteiger partial charge in [0.05, 0.1) is 50.3 Å². The quantitative estimate of drug-likeness (QED) is 0.0316. The van der Waals surface area contributed by atoms with Gasteiger partial charge in [0.1, 0.15) is 22.6 Å². The number of nitrogens with zero attached hydrogens (tertiary/aromatic N) is 1. The molecule has 5 unspecified atom stereocenters. The molecule has 0 aliphatic rings. The average molecular weight is 852 g/mol. The van der Waals surface area contributed by atoms with Crippen molar-refractivity contribution in [3.8, 4) is 0 Å². The molecule has 282 valence electrons. The van der Waals surface area contributed by atoms with Gasteiger partial charge in [-0.3, -0.25) is 36.5 Å². The van der Waals surface area contributed by atoms with Crippen LogP contribution in [0.5, 0.6) is 0 Å². The van der Waals surface area contributed by atoms with E-state index in [1.807, 2.05) is 0 Å². The van der Waals surface area contributed by atoms with Crippen LogP contribution in [0.1, 0.15) is 0 Å². The van der Waals surface area contributed by atoms with Crippen molar-refractivity contribution < 1.29 is 119 Å². The summed E-state index contributed by atoms with van der Waals surface area (Å²) >= 11 is 0. The summed E-state index contributed by atoms with van der Waals surface area (Å²) in [5, 5.41) is 0. The van der Waals surface area contributed by atoms with Crippen LogP contribution in [0, 0.1) is 0 Å². The predicted molar refractivity (Wildman–Crippen MR) is 160 cm³/mol. The van der Waals surface area contributed by atoms with Gasteiger partial charge >= 0.3 is 60.8 Å². The van der Waals surface area contributed by atoms with E-state index in [-0.39, 0.29) is 6.08 Å². The number of hydrogen-bond acceptors (Lipinski definition) is 8. The molecule has 0 saturated heterocycles. The zero-order valence-electron chi connectivity index (χ0n) is 23.6. The molecule has 0 aliphatic heterocycles. The fourth-order valence-electron chi connectivity index (χ4n) is 4.75. The van der Waals surface area contributed by atoms with Crippen LogP contribution in [-0.2, 0) is 36.5 Å². The Labute approximate surface area is 265 Å². The van der Waals surface area contributed by atoms with Crippen molar-refractivity contribution in [2.45, 2.75) is 28.3 Å². The van der Waals surface area contributed by atoms with Crippen LogP contribution >= 0.6 is 60.8 Å². The number of rotatable bonds is 21. The summed E-state index contributed by atoms with van der Waals surface area (Å²) < 4.78 is 95.5. The predicted octanol–water partition coefficient (Wildman–Crippen LogP) is -2.75. The lowest BCUT2D eigenvalue weighted by atomic mass is 10.1. The molecule has 0 radical (unpaired) electrons. The first-order valence-electron chi connectivity index (χ1n) is 12.1. The molecule has 0 aliphatic carbocycles. The third-order valence-corrected chi connectivity index (χ3v) is 17.0. The van der Waals surface area contributed by atoms with Crippen LogP contribution in [0.2, 0.25) is 0 Å². The van der Waals surface area contributed by atoms with Crippen molar-refractivity contribution in [2.75, 3.05) is 44.7 Å². The van der Waals surface area contributed by atoms with Crippen LogP contribution in [0.4, 0.5) is 0 Å². The summed E-state index contributed by atoms with van der Waals surface area (Å²) in [5.41, 5.74) is -14.0. The lowest BCUT2D eigenvalue weighted by Gasteiger charge is -2.47. The third-order valence-electron chi connectivity index (χ3n) is 6.60. The minimum atomic E-state index is -6.04. The van der Waals surface area contributed by atoms with Gasteiger partial charge in [0.2, 0.25) is 0 Å². The standard InChI is InChI=1S/C14H37NO24P8/c1-2-13(46(34,35)36)14(47(37,38)39)6-15(3-10(43(25,26)27)7-40(16,17)18,4-11(44(28,29)30)8-41(19,20)21)5-12(45(31,32)33)9-42(22,23)24/h2,10-14H,1,3-9H2,(H15-,16,17,18,19,20,21,22,23,24,25,26,27,28,29,30,31,32,33,34,35,36,37,38,39)/p+1. The highest BCUT2D eigenvalue weighted by Crippen LogP contribution is 2.58. The summed E-state index contributed by atoms with van der Waals surface area (Å²) in [6.07, 6.45) is -5.38. The molecule has 16 N–H and O–H groups in total. The first-order chi connectivity index (χ1) is 20.2. The highest BCUT2D eigenvalue weighted by molar-refractivity contribution is 7.58. The SMILES string of the molecule is C=CC(C(C[N+](CC(CP(=O)(O)O)P(=O)(O)O)(CC(CP(=O)(O)O)P(=O)(O)O)CC(CP(=O)(O)O)P(=O)(O)O)P(=O)(O)O)P(=O)(O)O. The molecule has 0 fully saturated rings. The summed E-state index contributed by atoms with van der Waals surface area (Å²) in [6.45, 7) is -4.16. The fourth-order valence-corrected chi connectivity index (χ4v) is 15.8. The number of allylic oxidation sites excluding steroid dienone is 1. The van der Waals surface area contributed by atoms with Crippen LogP contribution in [-0.4, -0.2) is 156 Å². The normalized spacial score (nSPS) is 19.3. The monoisotopic (exact) mass is 852 g/mol. The van der Waals surface area contributed by atoms with Gasteiger partial charge < -0.3 is 82.8 Å². The number of hydrogen-bond donors (Lipinski definition) is 16. The van der Waals surface area contributed by atoms with E-state index in [0.29, 0.717) is 0 Å². The Bertz CT molecular complexity index is 1360. The lowest BCUT2D eigenvalue weighted by molar-refractivity contribution is -0.926. The van der Waals surface area contributed by atoms with Crippen molar-refractivity contribution in [1.29, 1.82) is 0 Å². The van der Waals surface area contributed by atoms with Crippen LogP contribution in [0.25, 0.3) is 0 Å². The smallest absolute Gasteiger partial charge is 0.324 e. The Balaban J connectivity index is 8.39. The lowest BCUT2D eigenvalue weighted by Crippen LogP contribution is -2.63. The molecule has 0 rings (SSSR count). The second-order valence-corrected chi connectivity index (χ2v) is 25.2. The zero-order valence-corrected chi connectivity index (χ0v) is 30.7. The van der Waals surface area contributed by atoms with E-state index in [2.05, 4.69) is 6.58 Å². The Kier molecular flexibility index (Phi) is 16.6. The first kappa shape index (κ1) is 47.9. The largest absolute Gasteiger partial charge is 0.335 e. The second-order valence-electron chi connectivity index (χ2n) is 10.8. The van der Waals surface area contributed by atoms with Crippen molar-refractivity contribution >= 4 is 60.8 Å². The van der Waals surface area contributed by atoms with E-state index >= 15 is 0 Å². The molecule has 0 spiro atoms. The molecule has 25 nitrogen and oxygen atoms in total. The van der Waals surface area contributed by atoms with Crippen LogP contribution < -0.4 is 0 Å². The van der Waals surface area contributed by atoms with Gasteiger partial charge in [0.25, 0.3) is 0 Å². The van der Waals surface area contributed by atoms with E-state index in [1.54, 1.807) is 0 Å². The molecule has 0 aromatic rings. The van der Waals surface area contributed by atoms with Crippen molar-refractivity contribution in [3.05, 3.63) is 12.7 Å². The second kappa shape index (κ2) is 16.3. The summed E-state index contributed by atoms with van der Waals surface area (Å²) in [6, 6.07) is 0. The van der Waals surface area contributed by atoms with Gasteiger partial charge in [-0.1, -0.05) is 6.08 Å². The molecule has 0 aromatic heterocycles. The van der Waals surface area contributed by atoms with E-state index in [0.717, 1.165) is 0 Å². The van der Waals surface area contributed by atoms with Gasteiger partial charge in [-0.15, -0.1) is 6.58 Å². The zero-order chi connectivity index (χ0) is 38.0. The Hall–Kier alpha value is 0.900. The summed E-state index contributed by atoms with van der Waals surface area (Å²) in [7, 11) is -46.3. The Morgan fingerprint density at radius 1 is 0.426 bits per heavy atom. The molecule has 0 bridgehead atoms. The van der Waals surface area contributed by atoms with E-state index in [9.17, 15) is 115 Å². The van der Waals surface area contributed by atoms with Crippen molar-refractivity contribution in [2.24, 2.45) is 0 Å². The minimum absolute atomic E-state index is 0.252. The van der Waals surface area contributed by atoms with Crippen molar-refractivity contribution in [1.82, 2.24) is 0 Å². The highest BCUT2D eigenvalue weighted by atomic mass is 31.2. The van der Waals surface area contributed by atoms with Gasteiger partial charge in [0, 0.05) is 0 Å². The highest BCUT2D eigenvalue weighted by Gasteiger charge is 2.55. The Morgan fingerprint density at radius 2 is 0.681 bits per heavy atom. The molecule has 0 saturated carbocycles. The van der Waals surface area contributed by atoms with Gasteiger partial charge in [-0.2, -0.15) is 0 Å². The molecular formula is C14H38NO24P8+. The maximum absolute atomic E-state index is 12.6. The van der Waals surface area contributed by atoms with Gasteiger partial charge in [-0.05, 0) is 0 Å². The fraction of sp³-hybridized carbons (Fsp3) is 0.857. The average Bonchev–Trinajstić information content (AvgIpc) is 2.71. The van der Waals surface area contributed by atoms with Gasteiger partial charge in [-0.25, -0.2) is 0 Å². The summed E-state index contributed by atoms with van der Waals surface area (Å²) in [4.78, 5) is 156. The molecule has 0 heterocycles. The maximum atomic E-state index is 12.6. The molecule has 5 atom stereocenters. The van der Waals surface area contributed by atoms with E-state index in [1.165, 1.54) is 0 Å². The molecule has 0 amide bonds. The molecule has 47 heavy (non-hydrogen) atoms. The van der Waals surface area contributed by atoms with Crippen molar-refractivity contribution in [3.63, 3.8) is 0 Å². The van der Waals surface area contributed by atoms with E-state index < -0.39 is 138 Å².